The number of aliphatic hydroxyl groups excluding tert-OH is 2. The van der Waals surface area contributed by atoms with Gasteiger partial charge < -0.3 is 20.0 Å². The average Bonchev–Trinajstić information content (AvgIpc) is 3.33. The molecule has 1 saturated heterocycles. The second-order valence-electron chi connectivity index (χ2n) is 7.97. The van der Waals surface area contributed by atoms with E-state index in [1.165, 1.54) is 34.6 Å². The van der Waals surface area contributed by atoms with E-state index >= 15 is 0 Å². The highest BCUT2D eigenvalue weighted by molar-refractivity contribution is 7.22. The fourth-order valence-corrected chi connectivity index (χ4v) is 5.10. The quantitative estimate of drug-likeness (QED) is 0.505. The van der Waals surface area contributed by atoms with Gasteiger partial charge in [-0.15, -0.1) is 0 Å². The van der Waals surface area contributed by atoms with Crippen LogP contribution in [0.4, 0.5) is 20.0 Å². The molecule has 2 aliphatic rings. The highest BCUT2D eigenvalue weighted by Gasteiger charge is 2.39. The lowest BCUT2D eigenvalue weighted by Crippen LogP contribution is -2.37. The number of aliphatic hydroxyl groups is 2. The first-order valence-electron chi connectivity index (χ1n) is 10.4. The number of nitrogens with one attached hydrogen (secondary N) is 1. The zero-order valence-electron chi connectivity index (χ0n) is 17.6. The molecule has 5 rings (SSSR count). The van der Waals surface area contributed by atoms with Crippen molar-refractivity contribution in [1.82, 2.24) is 14.9 Å². The van der Waals surface area contributed by atoms with E-state index in [-0.39, 0.29) is 18.4 Å². The summed E-state index contributed by atoms with van der Waals surface area (Å²) in [6, 6.07) is 5.53. The van der Waals surface area contributed by atoms with E-state index in [1.807, 2.05) is 6.08 Å². The number of urea groups is 1. The first-order valence-corrected chi connectivity index (χ1v) is 11.6. The second kappa shape index (κ2) is 8.91. The summed E-state index contributed by atoms with van der Waals surface area (Å²) in [7, 11) is 0. The summed E-state index contributed by atoms with van der Waals surface area (Å²) in [6.07, 6.45) is 1.23. The third-order valence-corrected chi connectivity index (χ3v) is 6.98. The van der Waals surface area contributed by atoms with E-state index in [9.17, 15) is 24.2 Å². The number of nitrogens with zero attached hydrogens (tertiary/aromatic N) is 4. The Labute approximate surface area is 202 Å². The van der Waals surface area contributed by atoms with Crippen LogP contribution in [0.25, 0.3) is 15.8 Å². The molecule has 2 aromatic heterocycles. The largest absolute Gasteiger partial charge is 0.388 e. The number of β-amino-alcohol motifs (C(OH)–C–C–N with tert-alkyl or cyclic N) is 1. The Morgan fingerprint density at radius 2 is 2.12 bits per heavy atom. The van der Waals surface area contributed by atoms with E-state index in [0.29, 0.717) is 51.3 Å². The molecule has 12 heteroatoms. The van der Waals surface area contributed by atoms with Gasteiger partial charge in [-0.3, -0.25) is 15.1 Å². The number of pyridine rings is 1. The van der Waals surface area contributed by atoms with Gasteiger partial charge in [0.25, 0.3) is 5.91 Å². The summed E-state index contributed by atoms with van der Waals surface area (Å²) >= 11 is 7.63. The minimum Gasteiger partial charge on any atom is -0.388 e. The fraction of sp³-hybridized carbons (Fsp3) is 0.273. The SMILES string of the molecule is O=C(Nc1nc2ccc(F)cc2s1)N1CC=C(c2ncc(N3C[C@@H](O)[C@@H](O)C3=O)cc2Cl)CC1. The summed E-state index contributed by atoms with van der Waals surface area (Å²) in [5, 5.41) is 22.9. The van der Waals surface area contributed by atoms with Crippen LogP contribution >= 0.6 is 22.9 Å². The number of hydrogen-bond acceptors (Lipinski definition) is 7. The Morgan fingerprint density at radius 1 is 1.29 bits per heavy atom. The topological polar surface area (TPSA) is 119 Å². The predicted octanol–water partition coefficient (Wildman–Crippen LogP) is 2.87. The maximum absolute atomic E-state index is 13.4. The molecule has 9 nitrogen and oxygen atoms in total. The van der Waals surface area contributed by atoms with Crippen LogP contribution in [0.1, 0.15) is 12.1 Å². The van der Waals surface area contributed by atoms with Gasteiger partial charge in [-0.25, -0.2) is 14.2 Å². The van der Waals surface area contributed by atoms with E-state index < -0.39 is 18.1 Å². The highest BCUT2D eigenvalue weighted by atomic mass is 35.5. The lowest BCUT2D eigenvalue weighted by atomic mass is 10.0. The van der Waals surface area contributed by atoms with Crippen molar-refractivity contribution in [3.8, 4) is 0 Å². The predicted molar refractivity (Wildman–Crippen MR) is 126 cm³/mol. The van der Waals surface area contributed by atoms with Crippen molar-refractivity contribution in [3.05, 3.63) is 53.1 Å². The minimum absolute atomic E-state index is 0.0340. The normalized spacial score (nSPS) is 20.7. The average molecular weight is 504 g/mol. The molecule has 176 valence electrons. The Morgan fingerprint density at radius 3 is 2.79 bits per heavy atom. The van der Waals surface area contributed by atoms with Crippen LogP contribution in [0.5, 0.6) is 0 Å². The van der Waals surface area contributed by atoms with Gasteiger partial charge in [-0.1, -0.05) is 29.0 Å². The molecule has 0 unspecified atom stereocenters. The van der Waals surface area contributed by atoms with E-state index in [0.717, 1.165) is 5.57 Å². The van der Waals surface area contributed by atoms with E-state index in [2.05, 4.69) is 15.3 Å². The first-order chi connectivity index (χ1) is 16.3. The molecule has 3 N–H and O–H groups in total. The first kappa shape index (κ1) is 22.7. The molecule has 1 aromatic carbocycles. The van der Waals surface area contributed by atoms with Gasteiger partial charge >= 0.3 is 6.03 Å². The highest BCUT2D eigenvalue weighted by Crippen LogP contribution is 2.32. The summed E-state index contributed by atoms with van der Waals surface area (Å²) in [4.78, 5) is 36.3. The van der Waals surface area contributed by atoms with Gasteiger partial charge in [0.1, 0.15) is 11.9 Å². The van der Waals surface area contributed by atoms with Gasteiger partial charge in [0, 0.05) is 13.1 Å². The van der Waals surface area contributed by atoms with E-state index in [4.69, 9.17) is 11.6 Å². The van der Waals surface area contributed by atoms with Crippen LogP contribution in [-0.4, -0.2) is 68.9 Å². The molecular formula is C22H19ClFN5O4S. The van der Waals surface area contributed by atoms with Crippen LogP contribution < -0.4 is 10.2 Å². The molecule has 0 bridgehead atoms. The zero-order valence-corrected chi connectivity index (χ0v) is 19.2. The summed E-state index contributed by atoms with van der Waals surface area (Å²) in [6.45, 7) is 0.733. The standard InChI is InChI=1S/C22H19ClFN5O4S/c23-14-8-13(29-10-16(30)19(31)20(29)32)9-25-18(14)11-3-5-28(6-4-11)22(33)27-21-26-15-2-1-12(24)7-17(15)34-21/h1-3,7-9,16,19,30-31H,4-6,10H2,(H,26,27,33)/t16-,19-/m1/s1. The molecule has 2 aliphatic heterocycles. The van der Waals surface area contributed by atoms with E-state index in [1.54, 1.807) is 17.0 Å². The number of amides is 3. The molecule has 3 aromatic rings. The molecule has 0 radical (unpaired) electrons. The van der Waals surface area contributed by atoms with Crippen molar-refractivity contribution in [2.24, 2.45) is 0 Å². The molecule has 1 fully saturated rings. The number of rotatable bonds is 3. The van der Waals surface area contributed by atoms with Crippen molar-refractivity contribution < 1.29 is 24.2 Å². The number of aromatic nitrogens is 2. The lowest BCUT2D eigenvalue weighted by molar-refractivity contribution is -0.126. The summed E-state index contributed by atoms with van der Waals surface area (Å²) in [5.41, 5.74) is 2.42. The Bertz CT molecular complexity index is 1330. The van der Waals surface area contributed by atoms with Gasteiger partial charge in [0.15, 0.2) is 11.2 Å². The van der Waals surface area contributed by atoms with Crippen molar-refractivity contribution in [2.45, 2.75) is 18.6 Å². The molecule has 4 heterocycles. The minimum atomic E-state index is -1.46. The molecule has 0 saturated carbocycles. The van der Waals surface area contributed by atoms with Gasteiger partial charge in [-0.05, 0) is 36.3 Å². The molecule has 0 spiro atoms. The number of carbonyl (C=O) groups is 2. The number of thiazole rings is 1. The number of carbonyl (C=O) groups excluding carboxylic acids is 2. The monoisotopic (exact) mass is 503 g/mol. The zero-order chi connectivity index (χ0) is 24.0. The number of anilines is 2. The number of fused-ring (bicyclic) bond motifs is 1. The van der Waals surface area contributed by atoms with Crippen molar-refractivity contribution in [3.63, 3.8) is 0 Å². The van der Waals surface area contributed by atoms with Crippen LogP contribution in [0.15, 0.2) is 36.5 Å². The molecule has 3 amide bonds. The van der Waals surface area contributed by atoms with Crippen LogP contribution in [0.2, 0.25) is 5.02 Å². The number of benzene rings is 1. The third-order valence-electron chi connectivity index (χ3n) is 5.76. The van der Waals surface area contributed by atoms with Gasteiger partial charge in [-0.2, -0.15) is 0 Å². The molecule has 0 aliphatic carbocycles. The van der Waals surface area contributed by atoms with Gasteiger partial charge in [0.05, 0.1) is 39.4 Å². The van der Waals surface area contributed by atoms with Crippen molar-refractivity contribution in [1.29, 1.82) is 0 Å². The van der Waals surface area contributed by atoms with Crippen molar-refractivity contribution >= 4 is 61.5 Å². The second-order valence-corrected chi connectivity index (χ2v) is 9.41. The maximum Gasteiger partial charge on any atom is 0.323 e. The fourth-order valence-electron chi connectivity index (χ4n) is 3.94. The smallest absolute Gasteiger partial charge is 0.323 e. The Hall–Kier alpha value is -3.12. The Kier molecular flexibility index (Phi) is 5.94. The Balaban J connectivity index is 1.25. The molecular weight excluding hydrogens is 485 g/mol. The van der Waals surface area contributed by atoms with Gasteiger partial charge in [0.2, 0.25) is 0 Å². The summed E-state index contributed by atoms with van der Waals surface area (Å²) in [5.74, 6) is -0.958. The van der Waals surface area contributed by atoms with Crippen LogP contribution in [0.3, 0.4) is 0 Å². The lowest BCUT2D eigenvalue weighted by Gasteiger charge is -2.26. The van der Waals surface area contributed by atoms with Crippen LogP contribution in [0, 0.1) is 5.82 Å². The number of hydrogen-bond donors (Lipinski definition) is 3. The third kappa shape index (κ3) is 4.23. The molecule has 2 atom stereocenters. The number of halogens is 2. The molecule has 34 heavy (non-hydrogen) atoms. The van der Waals surface area contributed by atoms with Crippen LogP contribution in [-0.2, 0) is 4.79 Å². The summed E-state index contributed by atoms with van der Waals surface area (Å²) < 4.78 is 14.0. The van der Waals surface area contributed by atoms with Crippen molar-refractivity contribution in [2.75, 3.05) is 29.9 Å². The maximum atomic E-state index is 13.4.